The van der Waals surface area contributed by atoms with Gasteiger partial charge in [-0.2, -0.15) is 0 Å². The van der Waals surface area contributed by atoms with Crippen molar-refractivity contribution in [3.05, 3.63) is 29.8 Å². The fraction of sp³-hybridized carbons (Fsp3) is 0.417. The minimum atomic E-state index is -0.0641. The van der Waals surface area contributed by atoms with Crippen LogP contribution in [0.3, 0.4) is 0 Å². The van der Waals surface area contributed by atoms with Crippen molar-refractivity contribution in [2.75, 3.05) is 6.26 Å². The number of carbonyl (C=O) groups excluding carboxylic acids is 1. The summed E-state index contributed by atoms with van der Waals surface area (Å²) >= 11 is 1.74. The van der Waals surface area contributed by atoms with Gasteiger partial charge in [0.25, 0.3) is 0 Å². The lowest BCUT2D eigenvalue weighted by molar-refractivity contribution is -0.120. The smallest absolute Gasteiger partial charge is 0.217 e. The van der Waals surface area contributed by atoms with Crippen molar-refractivity contribution >= 4 is 17.7 Å². The molecule has 1 N–H and O–H groups in total. The zero-order chi connectivity index (χ0) is 10.9. The zero-order valence-corrected chi connectivity index (χ0v) is 9.86. The second-order valence-electron chi connectivity index (χ2n) is 3.96. The molecule has 1 aliphatic rings. The van der Waals surface area contributed by atoms with E-state index in [1.807, 2.05) is 12.1 Å². The van der Waals surface area contributed by atoms with Gasteiger partial charge in [0.15, 0.2) is 0 Å². The molecular formula is C12H15NOS. The lowest BCUT2D eigenvalue weighted by Crippen LogP contribution is -2.33. The largest absolute Gasteiger partial charge is 0.347 e. The lowest BCUT2D eigenvalue weighted by Gasteiger charge is -2.19. The molecule has 1 aromatic rings. The van der Waals surface area contributed by atoms with Crippen LogP contribution in [0.25, 0.3) is 0 Å². The standard InChI is InChI=1S/C12H15NOS/c1-9(14)13-12(7-8-12)10-5-3-4-6-11(10)15-2/h3-6H,7-8H2,1-2H3,(H,13,14). The summed E-state index contributed by atoms with van der Waals surface area (Å²) in [4.78, 5) is 12.4. The van der Waals surface area contributed by atoms with Crippen LogP contribution in [-0.2, 0) is 10.3 Å². The van der Waals surface area contributed by atoms with Crippen LogP contribution in [0.1, 0.15) is 25.3 Å². The Hall–Kier alpha value is -0.960. The third-order valence-corrected chi connectivity index (χ3v) is 3.58. The number of benzene rings is 1. The molecule has 0 saturated heterocycles. The van der Waals surface area contributed by atoms with Crippen molar-refractivity contribution in [3.8, 4) is 0 Å². The van der Waals surface area contributed by atoms with Crippen LogP contribution < -0.4 is 5.32 Å². The molecule has 80 valence electrons. The van der Waals surface area contributed by atoms with Crippen molar-refractivity contribution < 1.29 is 4.79 Å². The van der Waals surface area contributed by atoms with E-state index in [1.54, 1.807) is 18.7 Å². The van der Waals surface area contributed by atoms with E-state index < -0.39 is 0 Å². The Bertz CT molecular complexity index is 385. The molecule has 0 spiro atoms. The van der Waals surface area contributed by atoms with Gasteiger partial charge in [-0.1, -0.05) is 18.2 Å². The van der Waals surface area contributed by atoms with Gasteiger partial charge in [0, 0.05) is 11.8 Å². The molecule has 0 heterocycles. The highest BCUT2D eigenvalue weighted by atomic mass is 32.2. The average molecular weight is 221 g/mol. The third-order valence-electron chi connectivity index (χ3n) is 2.79. The second kappa shape index (κ2) is 3.89. The highest BCUT2D eigenvalue weighted by Gasteiger charge is 2.46. The van der Waals surface area contributed by atoms with Gasteiger partial charge >= 0.3 is 0 Å². The monoisotopic (exact) mass is 221 g/mol. The van der Waals surface area contributed by atoms with E-state index in [0.717, 1.165) is 12.8 Å². The molecule has 0 unspecified atom stereocenters. The maximum atomic E-state index is 11.2. The Balaban J connectivity index is 2.32. The molecule has 0 radical (unpaired) electrons. The fourth-order valence-corrected chi connectivity index (χ4v) is 2.66. The van der Waals surface area contributed by atoms with E-state index in [4.69, 9.17) is 0 Å². The van der Waals surface area contributed by atoms with Crippen LogP contribution in [0.5, 0.6) is 0 Å². The SMILES string of the molecule is CSc1ccccc1C1(NC(C)=O)CC1. The van der Waals surface area contributed by atoms with Gasteiger partial charge in [-0.25, -0.2) is 0 Å². The third kappa shape index (κ3) is 2.02. The van der Waals surface area contributed by atoms with Gasteiger partial charge in [0.1, 0.15) is 0 Å². The summed E-state index contributed by atoms with van der Waals surface area (Å²) in [6.07, 6.45) is 4.19. The molecule has 0 atom stereocenters. The van der Waals surface area contributed by atoms with Gasteiger partial charge in [-0.15, -0.1) is 11.8 Å². The summed E-state index contributed by atoms with van der Waals surface area (Å²) in [5.74, 6) is 0.0587. The Labute approximate surface area is 94.4 Å². The van der Waals surface area contributed by atoms with Crippen molar-refractivity contribution in [1.29, 1.82) is 0 Å². The highest BCUT2D eigenvalue weighted by molar-refractivity contribution is 7.98. The summed E-state index contributed by atoms with van der Waals surface area (Å²) in [5, 5.41) is 3.07. The quantitative estimate of drug-likeness (QED) is 0.795. The van der Waals surface area contributed by atoms with Gasteiger partial charge in [-0.3, -0.25) is 4.79 Å². The highest BCUT2D eigenvalue weighted by Crippen LogP contribution is 2.48. The maximum absolute atomic E-state index is 11.2. The average Bonchev–Trinajstić information content (AvgIpc) is 2.98. The number of amides is 1. The van der Waals surface area contributed by atoms with E-state index >= 15 is 0 Å². The Morgan fingerprint density at radius 3 is 2.60 bits per heavy atom. The van der Waals surface area contributed by atoms with E-state index in [1.165, 1.54) is 10.5 Å². The molecule has 1 amide bonds. The number of nitrogens with one attached hydrogen (secondary N) is 1. The number of thioether (sulfide) groups is 1. The topological polar surface area (TPSA) is 29.1 Å². The summed E-state index contributed by atoms with van der Waals surface area (Å²) < 4.78 is 0. The normalized spacial score (nSPS) is 17.2. The first-order valence-corrected chi connectivity index (χ1v) is 6.33. The van der Waals surface area contributed by atoms with Crippen molar-refractivity contribution in [2.24, 2.45) is 0 Å². The molecule has 0 aliphatic heterocycles. The predicted molar refractivity (Wildman–Crippen MR) is 63.0 cm³/mol. The molecule has 1 aromatic carbocycles. The fourth-order valence-electron chi connectivity index (χ4n) is 1.96. The molecule has 3 heteroatoms. The van der Waals surface area contributed by atoms with Crippen LogP contribution in [0.4, 0.5) is 0 Å². The second-order valence-corrected chi connectivity index (χ2v) is 4.81. The first kappa shape index (κ1) is 10.6. The molecule has 15 heavy (non-hydrogen) atoms. The minimum absolute atomic E-state index is 0.0587. The number of hydrogen-bond acceptors (Lipinski definition) is 2. The first-order valence-electron chi connectivity index (χ1n) is 5.10. The van der Waals surface area contributed by atoms with Crippen molar-refractivity contribution in [3.63, 3.8) is 0 Å². The predicted octanol–water partition coefficient (Wildman–Crippen LogP) is 2.53. The molecule has 1 aliphatic carbocycles. The number of rotatable bonds is 3. The zero-order valence-electron chi connectivity index (χ0n) is 9.04. The summed E-state index contributed by atoms with van der Waals surface area (Å²) in [5.41, 5.74) is 1.21. The Morgan fingerprint density at radius 2 is 2.07 bits per heavy atom. The maximum Gasteiger partial charge on any atom is 0.217 e. The number of carbonyl (C=O) groups is 1. The lowest BCUT2D eigenvalue weighted by atomic mass is 10.0. The van der Waals surface area contributed by atoms with E-state index in [0.29, 0.717) is 0 Å². The summed E-state index contributed by atoms with van der Waals surface area (Å²) in [7, 11) is 0. The molecule has 2 rings (SSSR count). The van der Waals surface area contributed by atoms with E-state index in [-0.39, 0.29) is 11.4 Å². The van der Waals surface area contributed by atoms with Crippen LogP contribution >= 0.6 is 11.8 Å². The van der Waals surface area contributed by atoms with Crippen LogP contribution in [0, 0.1) is 0 Å². The molecule has 0 aromatic heterocycles. The molecule has 0 bridgehead atoms. The van der Waals surface area contributed by atoms with E-state index in [2.05, 4.69) is 23.7 Å². The van der Waals surface area contributed by atoms with Crippen LogP contribution in [-0.4, -0.2) is 12.2 Å². The van der Waals surface area contributed by atoms with Crippen LogP contribution in [0.15, 0.2) is 29.2 Å². The molecular weight excluding hydrogens is 206 g/mol. The van der Waals surface area contributed by atoms with Crippen molar-refractivity contribution in [1.82, 2.24) is 5.32 Å². The summed E-state index contributed by atoms with van der Waals surface area (Å²) in [6.45, 7) is 1.59. The van der Waals surface area contributed by atoms with Gasteiger partial charge in [0.2, 0.25) is 5.91 Å². The molecule has 1 fully saturated rings. The Kier molecular flexibility index (Phi) is 2.74. The Morgan fingerprint density at radius 1 is 1.40 bits per heavy atom. The van der Waals surface area contributed by atoms with Gasteiger partial charge in [-0.05, 0) is 30.7 Å². The molecule has 1 saturated carbocycles. The first-order chi connectivity index (χ1) is 7.18. The van der Waals surface area contributed by atoms with Crippen LogP contribution in [0.2, 0.25) is 0 Å². The van der Waals surface area contributed by atoms with Gasteiger partial charge < -0.3 is 5.32 Å². The van der Waals surface area contributed by atoms with E-state index in [9.17, 15) is 4.79 Å². The summed E-state index contributed by atoms with van der Waals surface area (Å²) in [6, 6.07) is 8.31. The van der Waals surface area contributed by atoms with Crippen molar-refractivity contribution in [2.45, 2.75) is 30.2 Å². The minimum Gasteiger partial charge on any atom is -0.347 e. The van der Waals surface area contributed by atoms with Gasteiger partial charge in [0.05, 0.1) is 5.54 Å². The molecule has 2 nitrogen and oxygen atoms in total. The number of hydrogen-bond donors (Lipinski definition) is 1.